The van der Waals surface area contributed by atoms with Crippen LogP contribution in [-0.2, 0) is 11.2 Å². The van der Waals surface area contributed by atoms with Crippen LogP contribution in [0.3, 0.4) is 0 Å². The molecule has 0 spiro atoms. The molecule has 1 rings (SSSR count). The summed E-state index contributed by atoms with van der Waals surface area (Å²) in [5.74, 6) is -0.312. The summed E-state index contributed by atoms with van der Waals surface area (Å²) < 4.78 is 6.35. The highest BCUT2D eigenvalue weighted by molar-refractivity contribution is 5.87. The molecule has 0 bridgehead atoms. The summed E-state index contributed by atoms with van der Waals surface area (Å²) in [7, 11) is 0. The number of aryl methyl sites for hydroxylation is 1. The van der Waals surface area contributed by atoms with Gasteiger partial charge >= 0.3 is 5.97 Å². The minimum absolute atomic E-state index is 0.0286. The first kappa shape index (κ1) is 24.7. The maximum atomic E-state index is 11.1. The lowest BCUT2D eigenvalue weighted by atomic mass is 9.76. The highest BCUT2D eigenvalue weighted by Crippen LogP contribution is 2.36. The molecule has 1 aromatic rings. The van der Waals surface area contributed by atoms with E-state index in [-0.39, 0.29) is 5.60 Å². The Bertz CT molecular complexity index is 531. The quantitative estimate of drug-likeness (QED) is 0.302. The van der Waals surface area contributed by atoms with Crippen molar-refractivity contribution >= 4 is 5.97 Å². The van der Waals surface area contributed by atoms with E-state index in [4.69, 9.17) is 9.84 Å². The maximum absolute atomic E-state index is 11.1. The van der Waals surface area contributed by atoms with E-state index in [0.29, 0.717) is 11.5 Å². The van der Waals surface area contributed by atoms with E-state index in [9.17, 15) is 4.79 Å². The summed E-state index contributed by atoms with van der Waals surface area (Å²) in [6.45, 7) is 9.65. The van der Waals surface area contributed by atoms with Crippen LogP contribution in [0.15, 0.2) is 24.3 Å². The van der Waals surface area contributed by atoms with Crippen molar-refractivity contribution in [3.05, 3.63) is 35.4 Å². The van der Waals surface area contributed by atoms with Crippen molar-refractivity contribution in [1.29, 1.82) is 0 Å². The molecule has 3 heteroatoms. The average molecular weight is 391 g/mol. The van der Waals surface area contributed by atoms with E-state index >= 15 is 0 Å². The molecule has 1 N–H and O–H groups in total. The molecule has 1 unspecified atom stereocenters. The van der Waals surface area contributed by atoms with Gasteiger partial charge in [0.1, 0.15) is 0 Å². The van der Waals surface area contributed by atoms with E-state index in [1.165, 1.54) is 50.5 Å². The van der Waals surface area contributed by atoms with Gasteiger partial charge in [-0.1, -0.05) is 71.4 Å². The minimum Gasteiger partial charge on any atom is -0.478 e. The van der Waals surface area contributed by atoms with Crippen LogP contribution in [0.2, 0.25) is 0 Å². The van der Waals surface area contributed by atoms with E-state index in [2.05, 4.69) is 27.7 Å². The third-order valence-corrected chi connectivity index (χ3v) is 6.26. The average Bonchev–Trinajstić information content (AvgIpc) is 2.71. The van der Waals surface area contributed by atoms with Gasteiger partial charge in [0.2, 0.25) is 0 Å². The second kappa shape index (κ2) is 13.8. The number of hydrogen-bond donors (Lipinski definition) is 1. The van der Waals surface area contributed by atoms with Gasteiger partial charge in [-0.3, -0.25) is 0 Å². The first-order valence-corrected chi connectivity index (χ1v) is 11.5. The van der Waals surface area contributed by atoms with Crippen molar-refractivity contribution in [2.45, 2.75) is 104 Å². The van der Waals surface area contributed by atoms with Gasteiger partial charge in [0.15, 0.2) is 0 Å². The fraction of sp³-hybridized carbons (Fsp3) is 0.720. The van der Waals surface area contributed by atoms with Gasteiger partial charge in [-0.05, 0) is 62.6 Å². The van der Waals surface area contributed by atoms with Crippen molar-refractivity contribution in [1.82, 2.24) is 0 Å². The van der Waals surface area contributed by atoms with Gasteiger partial charge in [0.05, 0.1) is 11.2 Å². The van der Waals surface area contributed by atoms with Crippen LogP contribution in [0, 0.1) is 5.92 Å². The zero-order valence-corrected chi connectivity index (χ0v) is 18.6. The first-order chi connectivity index (χ1) is 13.5. The molecule has 1 aromatic carbocycles. The van der Waals surface area contributed by atoms with Crippen LogP contribution in [0.5, 0.6) is 0 Å². The monoisotopic (exact) mass is 390 g/mol. The Labute approximate surface area is 172 Å². The molecule has 0 amide bonds. The standard InChI is InChI=1S/C25H42O3/c1-5-9-10-11-12-13-14-23(25(6-2,7-3)28-8-4)20-17-21-15-18-22(19-16-21)24(26)27/h15-16,18-19,23H,5-14,17,20H2,1-4H3,(H,26,27). The minimum atomic E-state index is -0.861. The maximum Gasteiger partial charge on any atom is 0.335 e. The number of carboxylic acids is 1. The molecule has 3 nitrogen and oxygen atoms in total. The fourth-order valence-electron chi connectivity index (χ4n) is 4.43. The highest BCUT2D eigenvalue weighted by Gasteiger charge is 2.35. The molecule has 0 saturated carbocycles. The molecule has 0 fully saturated rings. The van der Waals surface area contributed by atoms with E-state index in [1.807, 2.05) is 12.1 Å². The Hall–Kier alpha value is -1.35. The molecule has 28 heavy (non-hydrogen) atoms. The molecular weight excluding hydrogens is 348 g/mol. The van der Waals surface area contributed by atoms with Gasteiger partial charge in [0.25, 0.3) is 0 Å². The summed E-state index contributed by atoms with van der Waals surface area (Å²) in [5, 5.41) is 9.08. The molecule has 1 atom stereocenters. The summed E-state index contributed by atoms with van der Waals surface area (Å²) >= 11 is 0. The Morgan fingerprint density at radius 2 is 1.54 bits per heavy atom. The Kier molecular flexibility index (Phi) is 12.1. The zero-order chi connectivity index (χ0) is 20.8. The van der Waals surface area contributed by atoms with Gasteiger partial charge in [-0.2, -0.15) is 0 Å². The number of benzene rings is 1. The summed E-state index contributed by atoms with van der Waals surface area (Å²) in [4.78, 5) is 11.1. The molecule has 160 valence electrons. The largest absolute Gasteiger partial charge is 0.478 e. The number of ether oxygens (including phenoxy) is 1. The van der Waals surface area contributed by atoms with Gasteiger partial charge < -0.3 is 9.84 Å². The SMILES string of the molecule is CCCCCCCCC(CCc1ccc(C(=O)O)cc1)C(CC)(CC)OCC. The number of hydrogen-bond acceptors (Lipinski definition) is 2. The van der Waals surface area contributed by atoms with E-state index in [1.54, 1.807) is 12.1 Å². The second-order valence-electron chi connectivity index (χ2n) is 8.00. The summed E-state index contributed by atoms with van der Waals surface area (Å²) in [6.07, 6.45) is 13.4. The van der Waals surface area contributed by atoms with Crippen LogP contribution in [0.25, 0.3) is 0 Å². The third-order valence-electron chi connectivity index (χ3n) is 6.26. The lowest BCUT2D eigenvalue weighted by Crippen LogP contribution is -2.40. The number of carbonyl (C=O) groups is 1. The molecular formula is C25H42O3. The molecule has 0 heterocycles. The third kappa shape index (κ3) is 7.95. The molecule has 0 aliphatic rings. The fourth-order valence-corrected chi connectivity index (χ4v) is 4.43. The van der Waals surface area contributed by atoms with Crippen LogP contribution in [-0.4, -0.2) is 23.3 Å². The number of aromatic carboxylic acids is 1. The number of carboxylic acid groups (broad SMARTS) is 1. The van der Waals surface area contributed by atoms with Gasteiger partial charge in [0, 0.05) is 6.61 Å². The number of rotatable bonds is 16. The van der Waals surface area contributed by atoms with Crippen molar-refractivity contribution in [3.63, 3.8) is 0 Å². The molecule has 0 aliphatic heterocycles. The normalized spacial score (nSPS) is 12.9. The topological polar surface area (TPSA) is 46.5 Å². The van der Waals surface area contributed by atoms with E-state index < -0.39 is 5.97 Å². The van der Waals surface area contributed by atoms with Gasteiger partial charge in [-0.15, -0.1) is 0 Å². The predicted molar refractivity (Wildman–Crippen MR) is 118 cm³/mol. The highest BCUT2D eigenvalue weighted by atomic mass is 16.5. The van der Waals surface area contributed by atoms with Crippen molar-refractivity contribution < 1.29 is 14.6 Å². The predicted octanol–water partition coefficient (Wildman–Crippen LogP) is 7.28. The Morgan fingerprint density at radius 3 is 2.07 bits per heavy atom. The lowest BCUT2D eigenvalue weighted by molar-refractivity contribution is -0.0930. The zero-order valence-electron chi connectivity index (χ0n) is 18.6. The van der Waals surface area contributed by atoms with Gasteiger partial charge in [-0.25, -0.2) is 4.79 Å². The van der Waals surface area contributed by atoms with Crippen molar-refractivity contribution in [3.8, 4) is 0 Å². The molecule has 0 aromatic heterocycles. The van der Waals surface area contributed by atoms with Crippen molar-refractivity contribution in [2.75, 3.05) is 6.61 Å². The molecule has 0 radical (unpaired) electrons. The molecule has 0 saturated heterocycles. The smallest absolute Gasteiger partial charge is 0.335 e. The number of unbranched alkanes of at least 4 members (excludes halogenated alkanes) is 5. The van der Waals surface area contributed by atoms with E-state index in [0.717, 1.165) is 32.3 Å². The van der Waals surface area contributed by atoms with Crippen LogP contribution < -0.4 is 0 Å². The van der Waals surface area contributed by atoms with Crippen LogP contribution in [0.1, 0.15) is 108 Å². The lowest BCUT2D eigenvalue weighted by Gasteiger charge is -2.40. The van der Waals surface area contributed by atoms with Crippen molar-refractivity contribution in [2.24, 2.45) is 5.92 Å². The molecule has 0 aliphatic carbocycles. The first-order valence-electron chi connectivity index (χ1n) is 11.5. The van der Waals surface area contributed by atoms with Crippen LogP contribution >= 0.6 is 0 Å². The summed E-state index contributed by atoms with van der Waals surface area (Å²) in [5.41, 5.74) is 1.55. The Morgan fingerprint density at radius 1 is 0.929 bits per heavy atom. The second-order valence-corrected chi connectivity index (χ2v) is 8.00. The van der Waals surface area contributed by atoms with Crippen LogP contribution in [0.4, 0.5) is 0 Å². The summed E-state index contributed by atoms with van der Waals surface area (Å²) in [6, 6.07) is 7.36. The Balaban J connectivity index is 2.73.